The highest BCUT2D eigenvalue weighted by Crippen LogP contribution is 2.10. The van der Waals surface area contributed by atoms with Crippen molar-refractivity contribution in [3.63, 3.8) is 0 Å². The van der Waals surface area contributed by atoms with Crippen LogP contribution in [-0.2, 0) is 0 Å². The Morgan fingerprint density at radius 2 is 2.33 bits per heavy atom. The molecule has 0 spiro atoms. The molecule has 0 atom stereocenters. The van der Waals surface area contributed by atoms with Crippen molar-refractivity contribution in [2.45, 2.75) is 19.8 Å². The second-order valence-corrected chi connectivity index (χ2v) is 2.38. The van der Waals surface area contributed by atoms with Gasteiger partial charge in [-0.25, -0.2) is 0 Å². The van der Waals surface area contributed by atoms with Crippen molar-refractivity contribution in [2.24, 2.45) is 0 Å². The Hall–Kier alpha value is -0.850. The van der Waals surface area contributed by atoms with Gasteiger partial charge in [-0.15, -0.1) is 0 Å². The molecule has 0 saturated heterocycles. The number of nitrogens with zero attached hydrogens (tertiary/aromatic N) is 1. The Bertz CT molecular complexity index is 167. The minimum Gasteiger partial charge on any atom is -0.254 e. The summed E-state index contributed by atoms with van der Waals surface area (Å²) >= 11 is 0. The van der Waals surface area contributed by atoms with Gasteiger partial charge >= 0.3 is 0 Å². The summed E-state index contributed by atoms with van der Waals surface area (Å²) in [5.74, 6) is 0.576. The Kier molecular flexibility index (Phi) is 1.83. The summed E-state index contributed by atoms with van der Waals surface area (Å²) in [6.45, 7) is 4.30. The maximum atomic E-state index is 3.88. The molecule has 0 aliphatic carbocycles. The van der Waals surface area contributed by atoms with Gasteiger partial charge in [-0.05, 0) is 17.5 Å². The Morgan fingerprint density at radius 3 is 2.67 bits per heavy atom. The van der Waals surface area contributed by atoms with E-state index in [2.05, 4.69) is 25.0 Å². The minimum absolute atomic E-state index is 0.576. The van der Waals surface area contributed by atoms with Crippen LogP contribution in [-0.4, -0.2) is 4.98 Å². The van der Waals surface area contributed by atoms with Gasteiger partial charge < -0.3 is 0 Å². The quantitative estimate of drug-likeness (QED) is 0.552. The van der Waals surface area contributed by atoms with Crippen LogP contribution in [0.3, 0.4) is 0 Å². The molecule has 1 radical (unpaired) electrons. The monoisotopic (exact) mass is 120 g/mol. The fourth-order valence-corrected chi connectivity index (χ4v) is 0.673. The molecular weight excluding hydrogens is 110 g/mol. The van der Waals surface area contributed by atoms with Crippen molar-refractivity contribution in [3.8, 4) is 0 Å². The summed E-state index contributed by atoms with van der Waals surface area (Å²) in [6.07, 6.45) is 4.59. The Morgan fingerprint density at radius 1 is 1.56 bits per heavy atom. The summed E-state index contributed by atoms with van der Waals surface area (Å²) < 4.78 is 0. The number of pyridine rings is 1. The van der Waals surface area contributed by atoms with Gasteiger partial charge in [-0.2, -0.15) is 0 Å². The molecule has 0 bridgehead atoms. The molecule has 1 nitrogen and oxygen atoms in total. The van der Waals surface area contributed by atoms with Crippen molar-refractivity contribution < 1.29 is 0 Å². The lowest BCUT2D eigenvalue weighted by Crippen LogP contribution is -1.86. The van der Waals surface area contributed by atoms with E-state index >= 15 is 0 Å². The molecule has 1 aromatic rings. The van der Waals surface area contributed by atoms with Crippen LogP contribution in [0.5, 0.6) is 0 Å². The summed E-state index contributed by atoms with van der Waals surface area (Å²) in [4.78, 5) is 3.88. The first kappa shape index (κ1) is 6.27. The second-order valence-electron chi connectivity index (χ2n) is 2.38. The predicted octanol–water partition coefficient (Wildman–Crippen LogP) is 2.01. The maximum absolute atomic E-state index is 3.88. The van der Waals surface area contributed by atoms with Gasteiger partial charge in [0.1, 0.15) is 0 Å². The second kappa shape index (κ2) is 2.62. The summed E-state index contributed by atoms with van der Waals surface area (Å²) in [6, 6.07) is 3.88. The molecule has 1 heteroatoms. The van der Waals surface area contributed by atoms with E-state index in [9.17, 15) is 0 Å². The minimum atomic E-state index is 0.576. The van der Waals surface area contributed by atoms with Crippen LogP contribution >= 0.6 is 0 Å². The van der Waals surface area contributed by atoms with Crippen LogP contribution in [0, 0.1) is 6.20 Å². The topological polar surface area (TPSA) is 12.9 Å². The molecule has 47 valence electrons. The van der Waals surface area contributed by atoms with E-state index in [0.717, 1.165) is 0 Å². The first-order valence-corrected chi connectivity index (χ1v) is 3.12. The van der Waals surface area contributed by atoms with Crippen LogP contribution in [0.2, 0.25) is 0 Å². The average molecular weight is 120 g/mol. The van der Waals surface area contributed by atoms with Gasteiger partial charge in [0.2, 0.25) is 0 Å². The Balaban J connectivity index is 2.85. The lowest BCUT2D eigenvalue weighted by atomic mass is 10.1. The number of rotatable bonds is 1. The molecule has 0 saturated carbocycles. The standard InChI is InChI=1S/C8H10N/c1-7(2)8-4-3-5-9-6-8/h3-4,6-7H,1-2H3. The molecule has 9 heavy (non-hydrogen) atoms. The summed E-state index contributed by atoms with van der Waals surface area (Å²) in [5, 5.41) is 0. The fourth-order valence-electron chi connectivity index (χ4n) is 0.673. The molecule has 0 aromatic carbocycles. The van der Waals surface area contributed by atoms with Crippen LogP contribution in [0.15, 0.2) is 18.3 Å². The molecule has 1 aromatic heterocycles. The zero-order chi connectivity index (χ0) is 6.69. The first-order chi connectivity index (χ1) is 4.30. The SMILES string of the molecule is CC(C)c1cc[c]nc1. The number of hydrogen-bond acceptors (Lipinski definition) is 1. The first-order valence-electron chi connectivity index (χ1n) is 3.12. The third kappa shape index (κ3) is 1.53. The number of aromatic nitrogens is 1. The van der Waals surface area contributed by atoms with Gasteiger partial charge in [0.05, 0.1) is 6.20 Å². The van der Waals surface area contributed by atoms with Crippen molar-refractivity contribution in [2.75, 3.05) is 0 Å². The molecule has 0 fully saturated rings. The van der Waals surface area contributed by atoms with Gasteiger partial charge in [0.15, 0.2) is 0 Å². The van der Waals surface area contributed by atoms with Gasteiger partial charge in [-0.3, -0.25) is 4.98 Å². The summed E-state index contributed by atoms with van der Waals surface area (Å²) in [7, 11) is 0. The van der Waals surface area contributed by atoms with E-state index < -0.39 is 0 Å². The number of hydrogen-bond donors (Lipinski definition) is 0. The van der Waals surface area contributed by atoms with E-state index in [-0.39, 0.29) is 0 Å². The van der Waals surface area contributed by atoms with Crippen LogP contribution in [0.25, 0.3) is 0 Å². The van der Waals surface area contributed by atoms with E-state index in [4.69, 9.17) is 0 Å². The van der Waals surface area contributed by atoms with E-state index in [0.29, 0.717) is 5.92 Å². The van der Waals surface area contributed by atoms with E-state index in [1.54, 1.807) is 0 Å². The lowest BCUT2D eigenvalue weighted by Gasteiger charge is -2.00. The molecular formula is C8H10N. The largest absolute Gasteiger partial charge is 0.254 e. The molecule has 0 aliphatic rings. The fraction of sp³-hybridized carbons (Fsp3) is 0.375. The van der Waals surface area contributed by atoms with Crippen molar-refractivity contribution >= 4 is 0 Å². The van der Waals surface area contributed by atoms with Crippen LogP contribution < -0.4 is 0 Å². The highest BCUT2D eigenvalue weighted by molar-refractivity contribution is 5.11. The molecule has 1 heterocycles. The van der Waals surface area contributed by atoms with E-state index in [1.165, 1.54) is 5.56 Å². The van der Waals surface area contributed by atoms with Gasteiger partial charge in [-0.1, -0.05) is 19.9 Å². The molecule has 0 aliphatic heterocycles. The van der Waals surface area contributed by atoms with Crippen molar-refractivity contribution in [1.29, 1.82) is 0 Å². The predicted molar refractivity (Wildman–Crippen MR) is 37.2 cm³/mol. The highest BCUT2D eigenvalue weighted by Gasteiger charge is 1.94. The third-order valence-electron chi connectivity index (χ3n) is 1.31. The average Bonchev–Trinajstić information content (AvgIpc) is 1.90. The normalized spacial score (nSPS) is 10.1. The van der Waals surface area contributed by atoms with Gasteiger partial charge in [0, 0.05) is 6.20 Å². The molecule has 0 unspecified atom stereocenters. The lowest BCUT2D eigenvalue weighted by molar-refractivity contribution is 0.858. The van der Waals surface area contributed by atoms with Gasteiger partial charge in [0.25, 0.3) is 0 Å². The van der Waals surface area contributed by atoms with Crippen molar-refractivity contribution in [1.82, 2.24) is 4.98 Å². The smallest absolute Gasteiger partial charge is 0.0886 e. The third-order valence-corrected chi connectivity index (χ3v) is 1.31. The highest BCUT2D eigenvalue weighted by atomic mass is 14.6. The Labute approximate surface area is 55.7 Å². The van der Waals surface area contributed by atoms with E-state index in [1.807, 2.05) is 18.3 Å². The van der Waals surface area contributed by atoms with Crippen LogP contribution in [0.4, 0.5) is 0 Å². The zero-order valence-corrected chi connectivity index (χ0v) is 5.76. The van der Waals surface area contributed by atoms with Crippen LogP contribution in [0.1, 0.15) is 25.3 Å². The molecule has 0 N–H and O–H groups in total. The molecule has 0 amide bonds. The zero-order valence-electron chi connectivity index (χ0n) is 5.76. The van der Waals surface area contributed by atoms with Crippen molar-refractivity contribution in [3.05, 3.63) is 30.1 Å². The maximum Gasteiger partial charge on any atom is 0.0886 e. The molecule has 1 rings (SSSR count). The summed E-state index contributed by atoms with van der Waals surface area (Å²) in [5.41, 5.74) is 1.27.